The van der Waals surface area contributed by atoms with Crippen LogP contribution < -0.4 is 14.2 Å². The van der Waals surface area contributed by atoms with Crippen molar-refractivity contribution < 1.29 is 19.3 Å². The molecule has 0 saturated carbocycles. The van der Waals surface area contributed by atoms with Crippen LogP contribution in [0, 0.1) is 0 Å². The van der Waals surface area contributed by atoms with Crippen molar-refractivity contribution in [2.24, 2.45) is 7.05 Å². The Morgan fingerprint density at radius 1 is 0.923 bits per heavy atom. The number of aryl methyl sites for hydroxylation is 1. The van der Waals surface area contributed by atoms with E-state index in [1.807, 2.05) is 29.8 Å². The van der Waals surface area contributed by atoms with E-state index in [4.69, 9.17) is 14.2 Å². The van der Waals surface area contributed by atoms with Crippen LogP contribution in [0.5, 0.6) is 23.0 Å². The zero-order valence-corrected chi connectivity index (χ0v) is 16.5. The number of nitrogens with zero attached hydrogens (tertiary/aromatic N) is 2. The van der Waals surface area contributed by atoms with E-state index >= 15 is 0 Å². The van der Waals surface area contributed by atoms with Gasteiger partial charge in [-0.15, -0.1) is 0 Å². The minimum atomic E-state index is 0.0626. The molecular weight excluding hydrogens is 400 g/mol. The van der Waals surface area contributed by atoms with Crippen molar-refractivity contribution in [1.29, 1.82) is 0 Å². The molecule has 3 aromatic rings. The molecule has 0 fully saturated rings. The molecular formula is C19H19BrN2O4. The number of phenols is 1. The van der Waals surface area contributed by atoms with Crippen molar-refractivity contribution in [3.8, 4) is 45.5 Å². The van der Waals surface area contributed by atoms with Crippen molar-refractivity contribution in [1.82, 2.24) is 9.55 Å². The normalized spacial score (nSPS) is 10.7. The summed E-state index contributed by atoms with van der Waals surface area (Å²) >= 11 is 3.49. The molecule has 1 heterocycles. The lowest BCUT2D eigenvalue weighted by molar-refractivity contribution is 0.373. The first kappa shape index (κ1) is 18.1. The molecule has 6 nitrogen and oxygen atoms in total. The van der Waals surface area contributed by atoms with Gasteiger partial charge in [0.15, 0.2) is 11.5 Å². The topological polar surface area (TPSA) is 65.7 Å². The smallest absolute Gasteiger partial charge is 0.160 e. The van der Waals surface area contributed by atoms with Crippen LogP contribution in [0.25, 0.3) is 22.5 Å². The van der Waals surface area contributed by atoms with E-state index in [2.05, 4.69) is 20.9 Å². The summed E-state index contributed by atoms with van der Waals surface area (Å²) in [5, 5.41) is 10.1. The first-order valence-corrected chi connectivity index (χ1v) is 8.60. The van der Waals surface area contributed by atoms with E-state index in [9.17, 15) is 5.11 Å². The zero-order chi connectivity index (χ0) is 18.8. The summed E-state index contributed by atoms with van der Waals surface area (Å²) in [6.07, 6.45) is 1.73. The first-order chi connectivity index (χ1) is 12.5. The van der Waals surface area contributed by atoms with Gasteiger partial charge >= 0.3 is 0 Å². The number of halogens is 1. The highest BCUT2D eigenvalue weighted by atomic mass is 79.9. The van der Waals surface area contributed by atoms with Gasteiger partial charge in [-0.1, -0.05) is 0 Å². The van der Waals surface area contributed by atoms with Crippen molar-refractivity contribution in [2.75, 3.05) is 21.3 Å². The highest BCUT2D eigenvalue weighted by molar-refractivity contribution is 9.10. The van der Waals surface area contributed by atoms with Gasteiger partial charge in [0.25, 0.3) is 0 Å². The van der Waals surface area contributed by atoms with Crippen molar-refractivity contribution in [3.05, 3.63) is 41.1 Å². The predicted octanol–water partition coefficient (Wildman–Crippen LogP) is 4.25. The lowest BCUT2D eigenvalue weighted by atomic mass is 10.0. The maximum Gasteiger partial charge on any atom is 0.160 e. The quantitative estimate of drug-likeness (QED) is 0.670. The van der Waals surface area contributed by atoms with Gasteiger partial charge in [-0.05, 0) is 46.3 Å². The van der Waals surface area contributed by atoms with Crippen LogP contribution in [0.4, 0.5) is 0 Å². The van der Waals surface area contributed by atoms with E-state index in [1.54, 1.807) is 32.7 Å². The maximum atomic E-state index is 10.1. The van der Waals surface area contributed by atoms with Crippen LogP contribution in [0.2, 0.25) is 0 Å². The van der Waals surface area contributed by atoms with Gasteiger partial charge in [0.05, 0.1) is 39.0 Å². The highest BCUT2D eigenvalue weighted by Gasteiger charge is 2.18. The molecule has 0 spiro atoms. The molecule has 136 valence electrons. The number of benzene rings is 2. The number of ether oxygens (including phenoxy) is 3. The minimum absolute atomic E-state index is 0.0626. The Hall–Kier alpha value is -2.67. The van der Waals surface area contributed by atoms with Crippen LogP contribution in [0.15, 0.2) is 41.1 Å². The number of aromatic nitrogens is 2. The molecule has 0 unspecified atom stereocenters. The molecule has 2 aromatic carbocycles. The highest BCUT2D eigenvalue weighted by Crippen LogP contribution is 2.42. The summed E-state index contributed by atoms with van der Waals surface area (Å²) < 4.78 is 18.7. The van der Waals surface area contributed by atoms with Gasteiger partial charge < -0.3 is 23.9 Å². The molecule has 26 heavy (non-hydrogen) atoms. The van der Waals surface area contributed by atoms with E-state index < -0.39 is 0 Å². The molecule has 0 bridgehead atoms. The minimum Gasteiger partial charge on any atom is -0.504 e. The summed E-state index contributed by atoms with van der Waals surface area (Å²) in [6.45, 7) is 0. The summed E-state index contributed by atoms with van der Waals surface area (Å²) in [5.74, 6) is 1.79. The number of aromatic hydroxyl groups is 1. The Balaban J connectivity index is 2.19. The number of imidazole rings is 1. The van der Waals surface area contributed by atoms with E-state index in [0.717, 1.165) is 27.0 Å². The standard InChI is InChI=1S/C19H19BrN2O4/c1-22-10-21-18(11-5-6-14(24-2)13(23)7-11)19(22)12-8-15(25-3)17(20)16(9-12)26-4/h5-10,23H,1-4H3. The Kier molecular flexibility index (Phi) is 5.08. The molecule has 7 heteroatoms. The number of phenolic OH excluding ortho intramolecular Hbond substituents is 1. The third-order valence-corrected chi connectivity index (χ3v) is 4.89. The lowest BCUT2D eigenvalue weighted by Crippen LogP contribution is -1.96. The molecule has 0 aliphatic rings. The molecule has 1 aromatic heterocycles. The second-order valence-electron chi connectivity index (χ2n) is 5.63. The number of hydrogen-bond donors (Lipinski definition) is 1. The molecule has 3 rings (SSSR count). The van der Waals surface area contributed by atoms with Gasteiger partial charge in [-0.25, -0.2) is 4.98 Å². The van der Waals surface area contributed by atoms with E-state index in [1.165, 1.54) is 7.11 Å². The molecule has 1 N–H and O–H groups in total. The second kappa shape index (κ2) is 7.29. The number of methoxy groups -OCH3 is 3. The van der Waals surface area contributed by atoms with E-state index in [0.29, 0.717) is 17.2 Å². The van der Waals surface area contributed by atoms with Crippen LogP contribution >= 0.6 is 15.9 Å². The Labute approximate surface area is 160 Å². The molecule has 0 atom stereocenters. The molecule has 0 radical (unpaired) electrons. The van der Waals surface area contributed by atoms with Gasteiger partial charge in [0.1, 0.15) is 16.0 Å². The van der Waals surface area contributed by atoms with Crippen LogP contribution in [-0.2, 0) is 7.05 Å². The van der Waals surface area contributed by atoms with Crippen LogP contribution in [0.3, 0.4) is 0 Å². The fourth-order valence-electron chi connectivity index (χ4n) is 2.83. The average Bonchev–Trinajstić information content (AvgIpc) is 3.03. The molecule has 0 aliphatic carbocycles. The van der Waals surface area contributed by atoms with Gasteiger partial charge in [0, 0.05) is 18.2 Å². The van der Waals surface area contributed by atoms with Gasteiger partial charge in [0.2, 0.25) is 0 Å². The Morgan fingerprint density at radius 2 is 1.54 bits per heavy atom. The average molecular weight is 419 g/mol. The van der Waals surface area contributed by atoms with Crippen LogP contribution in [-0.4, -0.2) is 36.0 Å². The summed E-state index contributed by atoms with van der Waals surface area (Å²) in [6, 6.07) is 9.04. The van der Waals surface area contributed by atoms with E-state index in [-0.39, 0.29) is 5.75 Å². The largest absolute Gasteiger partial charge is 0.504 e. The Morgan fingerprint density at radius 3 is 2.08 bits per heavy atom. The van der Waals surface area contributed by atoms with Crippen molar-refractivity contribution in [3.63, 3.8) is 0 Å². The molecule has 0 aliphatic heterocycles. The fraction of sp³-hybridized carbons (Fsp3) is 0.211. The summed E-state index contributed by atoms with van der Waals surface area (Å²) in [4.78, 5) is 4.51. The first-order valence-electron chi connectivity index (χ1n) is 7.80. The Bertz CT molecular complexity index is 928. The number of hydrogen-bond acceptors (Lipinski definition) is 5. The lowest BCUT2D eigenvalue weighted by Gasteiger charge is -2.13. The molecule has 0 amide bonds. The third-order valence-electron chi connectivity index (χ3n) is 4.11. The van der Waals surface area contributed by atoms with Crippen molar-refractivity contribution in [2.45, 2.75) is 0 Å². The van der Waals surface area contributed by atoms with Crippen molar-refractivity contribution >= 4 is 15.9 Å². The summed E-state index contributed by atoms with van der Waals surface area (Å²) in [5.41, 5.74) is 3.27. The zero-order valence-electron chi connectivity index (χ0n) is 14.9. The third kappa shape index (κ3) is 3.10. The van der Waals surface area contributed by atoms with Gasteiger partial charge in [-0.2, -0.15) is 0 Å². The second-order valence-corrected chi connectivity index (χ2v) is 6.43. The monoisotopic (exact) mass is 418 g/mol. The van der Waals surface area contributed by atoms with Gasteiger partial charge in [-0.3, -0.25) is 0 Å². The predicted molar refractivity (Wildman–Crippen MR) is 103 cm³/mol. The maximum absolute atomic E-state index is 10.1. The fourth-order valence-corrected chi connectivity index (χ4v) is 3.38. The molecule has 0 saturated heterocycles. The summed E-state index contributed by atoms with van der Waals surface area (Å²) in [7, 11) is 6.64. The SMILES string of the molecule is COc1ccc(-c2ncn(C)c2-c2cc(OC)c(Br)c(OC)c2)cc1O. The van der Waals surface area contributed by atoms with Crippen LogP contribution in [0.1, 0.15) is 0 Å². The number of rotatable bonds is 5.